The van der Waals surface area contributed by atoms with Crippen LogP contribution in [-0.2, 0) is 14.3 Å². The van der Waals surface area contributed by atoms with E-state index >= 15 is 0 Å². The van der Waals surface area contributed by atoms with Gasteiger partial charge in [-0.2, -0.15) is 0 Å². The highest BCUT2D eigenvalue weighted by Gasteiger charge is 2.40. The average molecular weight is 568 g/mol. The zero-order valence-electron chi connectivity index (χ0n) is 26.6. The summed E-state index contributed by atoms with van der Waals surface area (Å²) in [7, 11) is 0. The molecule has 0 radical (unpaired) electrons. The third-order valence-electron chi connectivity index (χ3n) is 7.91. The summed E-state index contributed by atoms with van der Waals surface area (Å²) in [6, 6.07) is 5.40. The standard InChI is InChI=1S/C34H53N3O4/c1-10-24(5)29(36-33(40)41-34(7,8)9)32(39)37(25(6)18-17-23(3)4)30(27-21-19-26(11-2)20-22-27)31(38)35-28-15-13-12-14-16-28/h2,19-25,28-30H,10,12-18H2,1,3-9H3,(H,35,38)(H,36,40). The van der Waals surface area contributed by atoms with E-state index in [0.717, 1.165) is 38.5 Å². The topological polar surface area (TPSA) is 87.7 Å². The van der Waals surface area contributed by atoms with Crippen molar-refractivity contribution in [3.8, 4) is 12.3 Å². The van der Waals surface area contributed by atoms with Crippen LogP contribution in [0, 0.1) is 24.2 Å². The van der Waals surface area contributed by atoms with Crippen molar-refractivity contribution < 1.29 is 19.1 Å². The highest BCUT2D eigenvalue weighted by molar-refractivity contribution is 5.92. The number of rotatable bonds is 12. The molecule has 0 aromatic heterocycles. The lowest BCUT2D eigenvalue weighted by atomic mass is 9.92. The highest BCUT2D eigenvalue weighted by Crippen LogP contribution is 2.30. The van der Waals surface area contributed by atoms with Crippen LogP contribution in [0.4, 0.5) is 4.79 Å². The molecule has 4 unspecified atom stereocenters. The first kappa shape index (κ1) is 34.2. The number of carbonyl (C=O) groups is 3. The lowest BCUT2D eigenvalue weighted by Crippen LogP contribution is -2.58. The Labute approximate surface area is 248 Å². The summed E-state index contributed by atoms with van der Waals surface area (Å²) in [5.74, 6) is 2.40. The van der Waals surface area contributed by atoms with Gasteiger partial charge in [0.1, 0.15) is 17.7 Å². The SMILES string of the molecule is C#Cc1ccc(C(C(=O)NC2CCCCC2)N(C(=O)C(NC(=O)OC(C)(C)C)C(C)CC)C(C)CCC(C)C)cc1. The second-order valence-corrected chi connectivity index (χ2v) is 13.1. The lowest BCUT2D eigenvalue weighted by Gasteiger charge is -2.40. The molecule has 3 amide bonds. The van der Waals surface area contributed by atoms with Gasteiger partial charge in [0.25, 0.3) is 0 Å². The van der Waals surface area contributed by atoms with Crippen molar-refractivity contribution in [3.05, 3.63) is 35.4 Å². The number of hydrogen-bond acceptors (Lipinski definition) is 4. The van der Waals surface area contributed by atoms with Crippen LogP contribution < -0.4 is 10.6 Å². The zero-order valence-corrected chi connectivity index (χ0v) is 26.6. The van der Waals surface area contributed by atoms with Gasteiger partial charge in [0.15, 0.2) is 0 Å². The van der Waals surface area contributed by atoms with Crippen molar-refractivity contribution in [3.63, 3.8) is 0 Å². The van der Waals surface area contributed by atoms with Crippen LogP contribution in [0.3, 0.4) is 0 Å². The lowest BCUT2D eigenvalue weighted by molar-refractivity contribution is -0.146. The van der Waals surface area contributed by atoms with Crippen LogP contribution in [-0.4, -0.2) is 46.5 Å². The first-order chi connectivity index (χ1) is 19.3. The molecule has 2 N–H and O–H groups in total. The normalized spacial score (nSPS) is 17.1. The number of nitrogens with zero attached hydrogens (tertiary/aromatic N) is 1. The predicted molar refractivity (Wildman–Crippen MR) is 165 cm³/mol. The fourth-order valence-electron chi connectivity index (χ4n) is 5.32. The number of terminal acetylenes is 1. The molecule has 0 heterocycles. The van der Waals surface area contributed by atoms with E-state index in [2.05, 4.69) is 30.4 Å². The third-order valence-corrected chi connectivity index (χ3v) is 7.91. The van der Waals surface area contributed by atoms with Crippen molar-refractivity contribution in [2.75, 3.05) is 0 Å². The largest absolute Gasteiger partial charge is 0.444 e. The fraction of sp³-hybridized carbons (Fsp3) is 0.676. The maximum Gasteiger partial charge on any atom is 0.408 e. The summed E-state index contributed by atoms with van der Waals surface area (Å²) in [5, 5.41) is 6.13. The van der Waals surface area contributed by atoms with Gasteiger partial charge in [-0.3, -0.25) is 9.59 Å². The molecule has 228 valence electrons. The molecule has 7 heteroatoms. The van der Waals surface area contributed by atoms with Crippen molar-refractivity contribution in [2.24, 2.45) is 11.8 Å². The third kappa shape index (κ3) is 10.7. The fourth-order valence-corrected chi connectivity index (χ4v) is 5.32. The van der Waals surface area contributed by atoms with Gasteiger partial charge >= 0.3 is 6.09 Å². The Kier molecular flexibility index (Phi) is 13.2. The highest BCUT2D eigenvalue weighted by atomic mass is 16.6. The molecule has 0 aliphatic heterocycles. The van der Waals surface area contributed by atoms with Crippen LogP contribution in [0.1, 0.15) is 124 Å². The van der Waals surface area contributed by atoms with Gasteiger partial charge in [-0.15, -0.1) is 6.42 Å². The molecular formula is C34H53N3O4. The second-order valence-electron chi connectivity index (χ2n) is 13.1. The Morgan fingerprint density at radius 1 is 1.02 bits per heavy atom. The molecule has 4 atom stereocenters. The van der Waals surface area contributed by atoms with Gasteiger partial charge in [0.05, 0.1) is 0 Å². The van der Waals surface area contributed by atoms with Gasteiger partial charge in [-0.25, -0.2) is 4.79 Å². The van der Waals surface area contributed by atoms with E-state index in [1.165, 1.54) is 6.42 Å². The molecule has 0 saturated heterocycles. The maximum atomic E-state index is 14.6. The molecule has 0 spiro atoms. The molecule has 1 aromatic rings. The predicted octanol–water partition coefficient (Wildman–Crippen LogP) is 6.75. The molecule has 1 saturated carbocycles. The van der Waals surface area contributed by atoms with Crippen molar-refractivity contribution in [1.29, 1.82) is 0 Å². The van der Waals surface area contributed by atoms with E-state index < -0.39 is 23.8 Å². The Hall–Kier alpha value is -3.01. The molecule has 1 aromatic carbocycles. The van der Waals surface area contributed by atoms with E-state index in [1.54, 1.807) is 25.7 Å². The number of benzene rings is 1. The molecule has 1 aliphatic rings. The summed E-state index contributed by atoms with van der Waals surface area (Å²) in [5.41, 5.74) is 0.690. The van der Waals surface area contributed by atoms with Gasteiger partial charge in [0, 0.05) is 17.6 Å². The van der Waals surface area contributed by atoms with Gasteiger partial charge in [-0.05, 0) is 82.9 Å². The number of hydrogen-bond donors (Lipinski definition) is 2. The first-order valence-electron chi connectivity index (χ1n) is 15.5. The van der Waals surface area contributed by atoms with Crippen molar-refractivity contribution in [1.82, 2.24) is 15.5 Å². The van der Waals surface area contributed by atoms with Crippen molar-refractivity contribution >= 4 is 17.9 Å². The zero-order chi connectivity index (χ0) is 30.7. The van der Waals surface area contributed by atoms with Crippen LogP contribution in [0.25, 0.3) is 0 Å². The maximum absolute atomic E-state index is 14.6. The molecule has 0 bridgehead atoms. The molecule has 1 aliphatic carbocycles. The van der Waals surface area contributed by atoms with E-state index in [1.807, 2.05) is 45.0 Å². The number of ether oxygens (including phenoxy) is 1. The molecular weight excluding hydrogens is 514 g/mol. The van der Waals surface area contributed by atoms with E-state index in [9.17, 15) is 14.4 Å². The summed E-state index contributed by atoms with van der Waals surface area (Å²) in [4.78, 5) is 43.4. The summed E-state index contributed by atoms with van der Waals surface area (Å²) >= 11 is 0. The Bertz CT molecular complexity index is 1030. The second kappa shape index (κ2) is 15.8. The van der Waals surface area contributed by atoms with Crippen LogP contribution >= 0.6 is 0 Å². The number of nitrogens with one attached hydrogen (secondary N) is 2. The minimum absolute atomic E-state index is 0.0805. The van der Waals surface area contributed by atoms with Gasteiger partial charge < -0.3 is 20.3 Å². The van der Waals surface area contributed by atoms with Crippen LogP contribution in [0.2, 0.25) is 0 Å². The monoisotopic (exact) mass is 567 g/mol. The smallest absolute Gasteiger partial charge is 0.408 e. The average Bonchev–Trinajstić information content (AvgIpc) is 2.92. The van der Waals surface area contributed by atoms with Crippen molar-refractivity contribution in [2.45, 2.75) is 137 Å². The molecule has 2 rings (SSSR count). The van der Waals surface area contributed by atoms with Gasteiger partial charge in [0.2, 0.25) is 11.8 Å². The Balaban J connectivity index is 2.59. The quantitative estimate of drug-likeness (QED) is 0.274. The molecule has 7 nitrogen and oxygen atoms in total. The number of carbonyl (C=O) groups excluding carboxylic acids is 3. The Morgan fingerprint density at radius 2 is 1.63 bits per heavy atom. The number of alkyl carbamates (subject to hydrolysis) is 1. The van der Waals surface area contributed by atoms with E-state index in [4.69, 9.17) is 11.2 Å². The molecule has 1 fully saturated rings. The summed E-state index contributed by atoms with van der Waals surface area (Å²) in [6.07, 6.45) is 12.4. The van der Waals surface area contributed by atoms with Crippen LogP contribution in [0.5, 0.6) is 0 Å². The molecule has 41 heavy (non-hydrogen) atoms. The van der Waals surface area contributed by atoms with E-state index in [-0.39, 0.29) is 29.8 Å². The minimum atomic E-state index is -0.870. The van der Waals surface area contributed by atoms with Crippen LogP contribution in [0.15, 0.2) is 24.3 Å². The van der Waals surface area contributed by atoms with E-state index in [0.29, 0.717) is 23.5 Å². The number of amides is 3. The summed E-state index contributed by atoms with van der Waals surface area (Å²) in [6.45, 7) is 15.6. The minimum Gasteiger partial charge on any atom is -0.444 e. The Morgan fingerprint density at radius 3 is 2.15 bits per heavy atom. The van der Waals surface area contributed by atoms with Gasteiger partial charge in [-0.1, -0.05) is 71.4 Å². The first-order valence-corrected chi connectivity index (χ1v) is 15.5. The summed E-state index contributed by atoms with van der Waals surface area (Å²) < 4.78 is 5.53.